The molecular weight excluding hydrogens is 431 g/mol. The molecule has 7 heteroatoms. The van der Waals surface area contributed by atoms with Crippen molar-refractivity contribution < 1.29 is 13.9 Å². The number of ether oxygens (including phenoxy) is 1. The van der Waals surface area contributed by atoms with Gasteiger partial charge in [0.25, 0.3) is 0 Å². The highest BCUT2D eigenvalue weighted by molar-refractivity contribution is 5.92. The molecule has 0 saturated heterocycles. The fourth-order valence-electron chi connectivity index (χ4n) is 3.36. The van der Waals surface area contributed by atoms with E-state index in [0.29, 0.717) is 17.3 Å². The summed E-state index contributed by atoms with van der Waals surface area (Å²) in [5.41, 5.74) is 2.88. The third-order valence-corrected chi connectivity index (χ3v) is 5.28. The molecule has 0 saturated carbocycles. The number of rotatable bonds is 6. The molecule has 0 spiro atoms. The maximum atomic E-state index is 14.7. The average molecular weight is 459 g/mol. The Morgan fingerprint density at radius 2 is 1.71 bits per heavy atom. The van der Waals surface area contributed by atoms with Gasteiger partial charge in [0.05, 0.1) is 17.8 Å². The number of amides is 1. The van der Waals surface area contributed by atoms with Crippen molar-refractivity contribution >= 4 is 11.7 Å². The lowest BCUT2D eigenvalue weighted by atomic mass is 9.92. The summed E-state index contributed by atoms with van der Waals surface area (Å²) in [6.07, 6.45) is 3.07. The molecule has 0 bridgehead atoms. The van der Waals surface area contributed by atoms with Crippen molar-refractivity contribution in [1.29, 1.82) is 0 Å². The second kappa shape index (κ2) is 9.47. The van der Waals surface area contributed by atoms with Crippen molar-refractivity contribution in [2.45, 2.75) is 39.5 Å². The van der Waals surface area contributed by atoms with Gasteiger partial charge < -0.3 is 10.1 Å². The lowest BCUT2D eigenvalue weighted by Crippen LogP contribution is -2.17. The van der Waals surface area contributed by atoms with Crippen molar-refractivity contribution in [1.82, 2.24) is 14.8 Å². The first-order valence-corrected chi connectivity index (χ1v) is 11.0. The number of hydrogen-bond acceptors (Lipinski definition) is 4. The molecule has 1 N–H and O–H groups in total. The molecular formula is C27H27FN4O2. The SMILES string of the molecule is Cc1ccc(-n2nc(C(C)(C)C)cc2NC(=O)Cc2ccc(Oc3ccncc3)cc2F)cc1. The standard InChI is InChI=1S/C27H27FN4O2/c1-18-5-8-20(9-6-18)32-25(17-24(31-32)27(2,3)4)30-26(33)15-19-7-10-22(16-23(19)28)34-21-11-13-29-14-12-21/h5-14,16-17H,15H2,1-4H3,(H,30,33). The van der Waals surface area contributed by atoms with Crippen molar-refractivity contribution in [3.05, 3.63) is 95.7 Å². The lowest BCUT2D eigenvalue weighted by Gasteiger charge is -2.14. The summed E-state index contributed by atoms with van der Waals surface area (Å²) < 4.78 is 22.0. The molecule has 4 aromatic rings. The predicted molar refractivity (Wildman–Crippen MR) is 130 cm³/mol. The van der Waals surface area contributed by atoms with E-state index in [-0.39, 0.29) is 23.3 Å². The minimum atomic E-state index is -0.510. The zero-order chi connectivity index (χ0) is 24.3. The summed E-state index contributed by atoms with van der Waals surface area (Å²) in [4.78, 5) is 16.8. The third-order valence-electron chi connectivity index (χ3n) is 5.28. The van der Waals surface area contributed by atoms with Gasteiger partial charge in [-0.25, -0.2) is 9.07 Å². The van der Waals surface area contributed by atoms with Gasteiger partial charge in [0.2, 0.25) is 5.91 Å². The summed E-state index contributed by atoms with van der Waals surface area (Å²) in [6.45, 7) is 8.19. The number of hydrogen-bond donors (Lipinski definition) is 1. The van der Waals surface area contributed by atoms with Crippen LogP contribution in [0.25, 0.3) is 5.69 Å². The Labute approximate surface area is 198 Å². The highest BCUT2D eigenvalue weighted by Gasteiger charge is 2.22. The van der Waals surface area contributed by atoms with Gasteiger partial charge in [0.1, 0.15) is 23.1 Å². The van der Waals surface area contributed by atoms with E-state index in [9.17, 15) is 9.18 Å². The largest absolute Gasteiger partial charge is 0.457 e. The van der Waals surface area contributed by atoms with Gasteiger partial charge in [-0.1, -0.05) is 44.5 Å². The topological polar surface area (TPSA) is 69.0 Å². The van der Waals surface area contributed by atoms with Crippen molar-refractivity contribution in [3.63, 3.8) is 0 Å². The van der Waals surface area contributed by atoms with E-state index in [1.165, 1.54) is 6.07 Å². The van der Waals surface area contributed by atoms with E-state index >= 15 is 0 Å². The molecule has 0 fully saturated rings. The zero-order valence-electron chi connectivity index (χ0n) is 19.7. The van der Waals surface area contributed by atoms with Gasteiger partial charge in [0, 0.05) is 29.9 Å². The van der Waals surface area contributed by atoms with E-state index in [1.54, 1.807) is 41.3 Å². The van der Waals surface area contributed by atoms with Crippen molar-refractivity contribution in [3.8, 4) is 17.2 Å². The maximum absolute atomic E-state index is 14.7. The molecule has 0 unspecified atom stereocenters. The second-order valence-corrected chi connectivity index (χ2v) is 9.18. The van der Waals surface area contributed by atoms with Crippen molar-refractivity contribution in [2.75, 3.05) is 5.32 Å². The van der Waals surface area contributed by atoms with Crippen LogP contribution in [-0.2, 0) is 16.6 Å². The minimum Gasteiger partial charge on any atom is -0.457 e. The Morgan fingerprint density at radius 3 is 2.35 bits per heavy atom. The minimum absolute atomic E-state index is 0.120. The smallest absolute Gasteiger partial charge is 0.230 e. The van der Waals surface area contributed by atoms with Gasteiger partial charge in [0.15, 0.2) is 0 Å². The molecule has 6 nitrogen and oxygen atoms in total. The fourth-order valence-corrected chi connectivity index (χ4v) is 3.36. The molecule has 2 heterocycles. The number of nitrogens with zero attached hydrogens (tertiary/aromatic N) is 3. The molecule has 174 valence electrons. The number of halogens is 1. The molecule has 0 aliphatic rings. The highest BCUT2D eigenvalue weighted by atomic mass is 19.1. The molecule has 2 aromatic heterocycles. The molecule has 4 rings (SSSR count). The molecule has 0 aliphatic heterocycles. The second-order valence-electron chi connectivity index (χ2n) is 9.18. The maximum Gasteiger partial charge on any atom is 0.230 e. The number of carbonyl (C=O) groups is 1. The summed E-state index contributed by atoms with van der Waals surface area (Å²) >= 11 is 0. The van der Waals surface area contributed by atoms with E-state index in [0.717, 1.165) is 16.9 Å². The number of anilines is 1. The Kier molecular flexibility index (Phi) is 6.45. The van der Waals surface area contributed by atoms with Gasteiger partial charge in [-0.2, -0.15) is 5.10 Å². The number of aryl methyl sites for hydroxylation is 1. The molecule has 1 amide bonds. The van der Waals surface area contributed by atoms with Crippen LogP contribution in [0.3, 0.4) is 0 Å². The van der Waals surface area contributed by atoms with Crippen LogP contribution in [0.4, 0.5) is 10.2 Å². The molecule has 0 radical (unpaired) electrons. The van der Waals surface area contributed by atoms with E-state index < -0.39 is 5.82 Å². The van der Waals surface area contributed by atoms with Crippen LogP contribution in [0.2, 0.25) is 0 Å². The number of nitrogens with one attached hydrogen (secondary N) is 1. The van der Waals surface area contributed by atoms with Crippen LogP contribution < -0.4 is 10.1 Å². The van der Waals surface area contributed by atoms with Gasteiger partial charge >= 0.3 is 0 Å². The molecule has 2 aromatic carbocycles. The Balaban J connectivity index is 1.52. The van der Waals surface area contributed by atoms with E-state index in [1.807, 2.05) is 37.3 Å². The number of aromatic nitrogens is 3. The molecule has 34 heavy (non-hydrogen) atoms. The first-order valence-electron chi connectivity index (χ1n) is 11.0. The van der Waals surface area contributed by atoms with Crippen LogP contribution in [-0.4, -0.2) is 20.7 Å². The lowest BCUT2D eigenvalue weighted by molar-refractivity contribution is -0.115. The molecule has 0 aliphatic carbocycles. The molecule has 0 atom stereocenters. The predicted octanol–water partition coefficient (Wildman–Crippen LogP) is 5.99. The quantitative estimate of drug-likeness (QED) is 0.386. The first kappa shape index (κ1) is 23.2. The number of carbonyl (C=O) groups excluding carboxylic acids is 1. The average Bonchev–Trinajstić information content (AvgIpc) is 3.21. The van der Waals surface area contributed by atoms with Crippen molar-refractivity contribution in [2.24, 2.45) is 0 Å². The van der Waals surface area contributed by atoms with Crippen LogP contribution in [0.1, 0.15) is 37.6 Å². The summed E-state index contributed by atoms with van der Waals surface area (Å²) in [7, 11) is 0. The van der Waals surface area contributed by atoms with Crippen LogP contribution in [0, 0.1) is 12.7 Å². The zero-order valence-corrected chi connectivity index (χ0v) is 19.7. The Bertz CT molecular complexity index is 1290. The summed E-state index contributed by atoms with van der Waals surface area (Å²) in [6, 6.07) is 17.6. The summed E-state index contributed by atoms with van der Waals surface area (Å²) in [5, 5.41) is 7.62. The first-order chi connectivity index (χ1) is 16.2. The normalized spacial score (nSPS) is 11.3. The van der Waals surface area contributed by atoms with Crippen LogP contribution in [0.15, 0.2) is 73.1 Å². The van der Waals surface area contributed by atoms with E-state index in [2.05, 4.69) is 31.1 Å². The van der Waals surface area contributed by atoms with Crippen LogP contribution >= 0.6 is 0 Å². The number of pyridine rings is 1. The number of benzene rings is 2. The summed E-state index contributed by atoms with van der Waals surface area (Å²) in [5.74, 6) is 0.593. The van der Waals surface area contributed by atoms with Gasteiger partial charge in [-0.3, -0.25) is 9.78 Å². The van der Waals surface area contributed by atoms with Gasteiger partial charge in [-0.15, -0.1) is 0 Å². The Hall–Kier alpha value is -4.00. The Morgan fingerprint density at radius 1 is 1.00 bits per heavy atom. The van der Waals surface area contributed by atoms with Crippen LogP contribution in [0.5, 0.6) is 11.5 Å². The fraction of sp³-hybridized carbons (Fsp3) is 0.222. The third kappa shape index (κ3) is 5.49. The monoisotopic (exact) mass is 458 g/mol. The van der Waals surface area contributed by atoms with E-state index in [4.69, 9.17) is 9.84 Å². The highest BCUT2D eigenvalue weighted by Crippen LogP contribution is 2.27. The van der Waals surface area contributed by atoms with Gasteiger partial charge in [-0.05, 0) is 42.8 Å².